The Morgan fingerprint density at radius 2 is 1.73 bits per heavy atom. The number of alkyl carbamates (subject to hydrolysis) is 1. The fraction of sp³-hybridized carbons (Fsp3) is 0.500. The Kier molecular flexibility index (Phi) is 9.46. The molecule has 0 radical (unpaired) electrons. The molecule has 2 unspecified atom stereocenters. The molecule has 0 aliphatic rings. The summed E-state index contributed by atoms with van der Waals surface area (Å²) in [6, 6.07) is 7.47. The quantitative estimate of drug-likeness (QED) is 0.516. The molecule has 4 N–H and O–H groups in total. The number of rotatable bonds is 9. The van der Waals surface area contributed by atoms with Crippen molar-refractivity contribution >= 4 is 28.8 Å². The molecule has 0 aromatic carbocycles. The first-order chi connectivity index (χ1) is 13.7. The third-order valence-electron chi connectivity index (χ3n) is 3.25. The summed E-state index contributed by atoms with van der Waals surface area (Å²) in [6.07, 6.45) is -0.592. The van der Waals surface area contributed by atoms with Gasteiger partial charge in [0, 0.05) is 20.4 Å². The van der Waals surface area contributed by atoms with Crippen LogP contribution in [0.25, 0.3) is 0 Å². The van der Waals surface area contributed by atoms with Crippen LogP contribution in [0.15, 0.2) is 35.0 Å². The molecule has 2 heterocycles. The molecule has 26 heavy (non-hydrogen) atoms. The number of carbonyl (C=O) groups is 1. The molecular formula is C18H28N2O4S2. The highest BCUT2D eigenvalue weighted by Gasteiger charge is 2.09. The Morgan fingerprint density at radius 1 is 1.15 bits per heavy atom. The van der Waals surface area contributed by atoms with Gasteiger partial charge < -0.3 is 25.6 Å². The van der Waals surface area contributed by atoms with Gasteiger partial charge in [-0.25, -0.2) is 4.79 Å². The van der Waals surface area contributed by atoms with E-state index in [1.165, 1.54) is 22.7 Å². The number of ether oxygens (including phenoxy) is 1. The average molecular weight is 404 g/mol. The number of aliphatic hydroxyl groups is 2. The molecule has 2 atom stereocenters. The predicted octanol–water partition coefficient (Wildman–Crippen LogP) is 3.31. The van der Waals surface area contributed by atoms with Crippen molar-refractivity contribution < 1.29 is 23.9 Å². The maximum absolute atomic E-state index is 10.9. The van der Waals surface area contributed by atoms with Gasteiger partial charge in [0.25, 0.3) is 0 Å². The lowest BCUT2D eigenvalue weighted by Gasteiger charge is -2.09. The predicted molar refractivity (Wildman–Crippen MR) is 107 cm³/mol. The highest BCUT2D eigenvalue weighted by atomic mass is 32.1. The van der Waals surface area contributed by atoms with E-state index < -0.39 is 25.3 Å². The van der Waals surface area contributed by atoms with Crippen LogP contribution in [-0.4, -0.2) is 43.0 Å². The summed E-state index contributed by atoms with van der Waals surface area (Å²) in [4.78, 5) is 12.7. The van der Waals surface area contributed by atoms with E-state index in [0.717, 1.165) is 9.75 Å². The molecule has 2 aromatic heterocycles. The molecule has 8 heteroatoms. The van der Waals surface area contributed by atoms with Crippen LogP contribution in [0.3, 0.4) is 0 Å². The zero-order valence-electron chi connectivity index (χ0n) is 17.7. The smallest absolute Gasteiger partial charge is 0.407 e. The third-order valence-corrected chi connectivity index (χ3v) is 5.20. The van der Waals surface area contributed by atoms with Crippen molar-refractivity contribution in [2.45, 2.75) is 32.0 Å². The van der Waals surface area contributed by atoms with Crippen molar-refractivity contribution in [2.24, 2.45) is 0 Å². The van der Waals surface area contributed by atoms with Crippen molar-refractivity contribution in [1.82, 2.24) is 10.6 Å². The number of carbonyl (C=O) groups excluding carboxylic acids is 1. The Bertz CT molecular complexity index is 667. The van der Waals surface area contributed by atoms with Gasteiger partial charge in [0.2, 0.25) is 0 Å². The second-order valence-electron chi connectivity index (χ2n) is 5.21. The second-order valence-corrected chi connectivity index (χ2v) is 7.17. The Morgan fingerprint density at radius 3 is 2.19 bits per heavy atom. The minimum absolute atomic E-state index is 0.287. The van der Waals surface area contributed by atoms with E-state index in [4.69, 9.17) is 4.11 Å². The number of nitrogens with one attached hydrogen (secondary N) is 2. The number of amides is 1. The monoisotopic (exact) mass is 403 g/mol. The molecule has 6 nitrogen and oxygen atoms in total. The van der Waals surface area contributed by atoms with Crippen LogP contribution in [0, 0.1) is 0 Å². The van der Waals surface area contributed by atoms with Crippen LogP contribution < -0.4 is 10.6 Å². The Hall–Kier alpha value is -1.45. The number of hydrogen-bond donors (Lipinski definition) is 4. The standard InChI is InChI=1S/C10H15NO3S.C8H13NOS/c1-2-14-10(13)11-6-5-8(12)9-4-3-7-15-9;1-9-5-4-7(10)8-3-2-6-11-8/h3-4,7-8,12H,2,5-6H2,1H3,(H,11,13);2-3,6-7,9-10H,4-5H2,1H3/i;1D3. The first kappa shape index (κ1) is 17.9. The highest BCUT2D eigenvalue weighted by Crippen LogP contribution is 2.21. The van der Waals surface area contributed by atoms with Gasteiger partial charge in [0.1, 0.15) is 0 Å². The summed E-state index contributed by atoms with van der Waals surface area (Å²) < 4.78 is 25.4. The van der Waals surface area contributed by atoms with Gasteiger partial charge in [-0.2, -0.15) is 0 Å². The van der Waals surface area contributed by atoms with Gasteiger partial charge in [0.15, 0.2) is 0 Å². The van der Waals surface area contributed by atoms with Crippen LogP contribution in [-0.2, 0) is 4.74 Å². The summed E-state index contributed by atoms with van der Waals surface area (Å²) in [5, 5.41) is 28.0. The minimum Gasteiger partial charge on any atom is -0.450 e. The molecule has 0 aliphatic heterocycles. The van der Waals surface area contributed by atoms with Gasteiger partial charge >= 0.3 is 6.09 Å². The van der Waals surface area contributed by atoms with Crippen LogP contribution in [0.2, 0.25) is 0 Å². The van der Waals surface area contributed by atoms with E-state index in [2.05, 4.69) is 15.4 Å². The zero-order chi connectivity index (χ0) is 21.7. The SMILES string of the molecule is CCOC(=O)NCCC(O)c1cccs1.[2H]C([2H])([2H])NCCC(O)c1cccs1. The molecular weight excluding hydrogens is 372 g/mol. The Labute approximate surface area is 167 Å². The fourth-order valence-electron chi connectivity index (χ4n) is 1.95. The van der Waals surface area contributed by atoms with E-state index >= 15 is 0 Å². The maximum atomic E-state index is 10.9. The van der Waals surface area contributed by atoms with E-state index in [1.807, 2.05) is 35.0 Å². The van der Waals surface area contributed by atoms with Crippen molar-refractivity contribution in [2.75, 3.05) is 26.7 Å². The topological polar surface area (TPSA) is 90.8 Å². The highest BCUT2D eigenvalue weighted by molar-refractivity contribution is 7.10. The van der Waals surface area contributed by atoms with E-state index in [1.54, 1.807) is 6.92 Å². The average Bonchev–Trinajstić information content (AvgIpc) is 3.35. The van der Waals surface area contributed by atoms with Gasteiger partial charge in [-0.05, 0) is 56.2 Å². The molecule has 146 valence electrons. The molecule has 0 spiro atoms. The molecule has 0 fully saturated rings. The lowest BCUT2D eigenvalue weighted by atomic mass is 10.2. The number of aliphatic hydroxyl groups excluding tert-OH is 2. The summed E-state index contributed by atoms with van der Waals surface area (Å²) in [6.45, 7) is 0.696. The molecule has 0 aliphatic carbocycles. The van der Waals surface area contributed by atoms with Gasteiger partial charge in [-0.15, -0.1) is 22.7 Å². The summed E-state index contributed by atoms with van der Waals surface area (Å²) in [7, 11) is 0. The largest absolute Gasteiger partial charge is 0.450 e. The third kappa shape index (κ3) is 9.30. The van der Waals surface area contributed by atoms with Crippen LogP contribution in [0.4, 0.5) is 4.79 Å². The lowest BCUT2D eigenvalue weighted by molar-refractivity contribution is 0.144. The molecule has 2 rings (SSSR count). The van der Waals surface area contributed by atoms with Crippen molar-refractivity contribution in [1.29, 1.82) is 0 Å². The summed E-state index contributed by atoms with van der Waals surface area (Å²) in [5.74, 6) is 0. The first-order valence-corrected chi connectivity index (χ1v) is 10.1. The van der Waals surface area contributed by atoms with Crippen LogP contribution in [0.5, 0.6) is 0 Å². The van der Waals surface area contributed by atoms with E-state index in [-0.39, 0.29) is 6.54 Å². The van der Waals surface area contributed by atoms with Crippen molar-refractivity contribution in [3.8, 4) is 0 Å². The van der Waals surface area contributed by atoms with Crippen LogP contribution >= 0.6 is 22.7 Å². The van der Waals surface area contributed by atoms with E-state index in [0.29, 0.717) is 26.0 Å². The maximum Gasteiger partial charge on any atom is 0.407 e. The molecule has 0 saturated carbocycles. The van der Waals surface area contributed by atoms with E-state index in [9.17, 15) is 15.0 Å². The summed E-state index contributed by atoms with van der Waals surface area (Å²) >= 11 is 2.98. The summed E-state index contributed by atoms with van der Waals surface area (Å²) in [5.41, 5.74) is 0. The van der Waals surface area contributed by atoms with Crippen molar-refractivity contribution in [3.05, 3.63) is 44.8 Å². The number of hydrogen-bond acceptors (Lipinski definition) is 7. The zero-order valence-corrected chi connectivity index (χ0v) is 16.3. The minimum atomic E-state index is -2.12. The number of thiophene rings is 2. The van der Waals surface area contributed by atoms with Gasteiger partial charge in [-0.3, -0.25) is 0 Å². The Balaban J connectivity index is 0.000000291. The molecule has 0 bridgehead atoms. The normalized spacial score (nSPS) is 14.8. The fourth-order valence-corrected chi connectivity index (χ4v) is 3.44. The second kappa shape index (κ2) is 13.7. The van der Waals surface area contributed by atoms with Gasteiger partial charge in [0.05, 0.1) is 18.8 Å². The van der Waals surface area contributed by atoms with Crippen molar-refractivity contribution in [3.63, 3.8) is 0 Å². The lowest BCUT2D eigenvalue weighted by Crippen LogP contribution is -2.26. The molecule has 0 saturated heterocycles. The molecule has 2 aromatic rings. The van der Waals surface area contributed by atoms with Crippen LogP contribution in [0.1, 0.15) is 45.8 Å². The first-order valence-electron chi connectivity index (χ1n) is 9.81. The molecule has 1 amide bonds. The van der Waals surface area contributed by atoms with Gasteiger partial charge in [-0.1, -0.05) is 12.1 Å².